The Morgan fingerprint density at radius 2 is 1.74 bits per heavy atom. The van der Waals surface area contributed by atoms with E-state index >= 15 is 0 Å². The number of hydrogen-bond donors (Lipinski definition) is 1. The van der Waals surface area contributed by atoms with E-state index in [-0.39, 0.29) is 5.56 Å². The molecule has 0 fully saturated rings. The lowest BCUT2D eigenvalue weighted by Gasteiger charge is -2.10. The first kappa shape index (κ1) is 16.7. The standard InChI is InChI=1S/C20H16N4O3/c1-13-21-11-10-18(25)24(13)12-14-6-8-15(9-7-14)16-4-2-3-5-17(16)19-22-20(26)27-23-19/h2-11H,12H2,1H3,(H,22,23,26). The smallest absolute Gasteiger partial charge is 0.296 e. The summed E-state index contributed by atoms with van der Waals surface area (Å²) in [5.74, 6) is 0.469. The predicted molar refractivity (Wildman–Crippen MR) is 100 cm³/mol. The predicted octanol–water partition coefficient (Wildman–Crippen LogP) is 2.61. The first-order chi connectivity index (χ1) is 13.1. The van der Waals surface area contributed by atoms with Gasteiger partial charge in [0.15, 0.2) is 5.82 Å². The molecule has 0 aliphatic heterocycles. The summed E-state index contributed by atoms with van der Waals surface area (Å²) in [6.45, 7) is 2.27. The number of rotatable bonds is 4. The average Bonchev–Trinajstić information content (AvgIpc) is 3.12. The van der Waals surface area contributed by atoms with Crippen molar-refractivity contribution in [1.29, 1.82) is 0 Å². The van der Waals surface area contributed by atoms with E-state index in [1.807, 2.05) is 55.5 Å². The van der Waals surface area contributed by atoms with E-state index in [0.717, 1.165) is 22.3 Å². The van der Waals surface area contributed by atoms with Crippen LogP contribution in [0.2, 0.25) is 0 Å². The highest BCUT2D eigenvalue weighted by Crippen LogP contribution is 2.29. The summed E-state index contributed by atoms with van der Waals surface area (Å²) in [7, 11) is 0. The fourth-order valence-corrected chi connectivity index (χ4v) is 2.98. The fourth-order valence-electron chi connectivity index (χ4n) is 2.98. The molecular formula is C20H16N4O3. The zero-order valence-corrected chi connectivity index (χ0v) is 14.5. The summed E-state index contributed by atoms with van der Waals surface area (Å²) in [5, 5.41) is 3.78. The lowest BCUT2D eigenvalue weighted by atomic mass is 9.98. The third kappa shape index (κ3) is 3.35. The third-order valence-electron chi connectivity index (χ3n) is 4.36. The van der Waals surface area contributed by atoms with E-state index in [9.17, 15) is 9.59 Å². The Hall–Kier alpha value is -3.74. The first-order valence-electron chi connectivity index (χ1n) is 8.39. The van der Waals surface area contributed by atoms with E-state index in [0.29, 0.717) is 18.2 Å². The van der Waals surface area contributed by atoms with Gasteiger partial charge in [-0.05, 0) is 23.6 Å². The molecule has 2 heterocycles. The average molecular weight is 360 g/mol. The van der Waals surface area contributed by atoms with Crippen molar-refractivity contribution >= 4 is 0 Å². The van der Waals surface area contributed by atoms with Gasteiger partial charge in [0, 0.05) is 17.8 Å². The molecule has 4 rings (SSSR count). The normalized spacial score (nSPS) is 10.9. The highest BCUT2D eigenvalue weighted by molar-refractivity contribution is 5.80. The molecule has 134 valence electrons. The molecule has 7 nitrogen and oxygen atoms in total. The summed E-state index contributed by atoms with van der Waals surface area (Å²) in [6, 6.07) is 17.0. The molecule has 0 atom stereocenters. The first-order valence-corrected chi connectivity index (χ1v) is 8.39. The summed E-state index contributed by atoms with van der Waals surface area (Å²) in [4.78, 5) is 30.0. The molecule has 0 bridgehead atoms. The molecule has 0 amide bonds. The van der Waals surface area contributed by atoms with Gasteiger partial charge in [0.25, 0.3) is 5.56 Å². The minimum absolute atomic E-state index is 0.0769. The van der Waals surface area contributed by atoms with Crippen molar-refractivity contribution < 1.29 is 4.52 Å². The van der Waals surface area contributed by atoms with Gasteiger partial charge in [-0.1, -0.05) is 53.7 Å². The van der Waals surface area contributed by atoms with Crippen LogP contribution < -0.4 is 11.3 Å². The number of benzene rings is 2. The molecule has 0 saturated heterocycles. The van der Waals surface area contributed by atoms with Crippen LogP contribution in [0.3, 0.4) is 0 Å². The molecule has 0 aliphatic rings. The molecule has 1 N–H and O–H groups in total. The molecule has 7 heteroatoms. The molecule has 0 saturated carbocycles. The Balaban J connectivity index is 1.68. The second-order valence-corrected chi connectivity index (χ2v) is 6.10. The Kier molecular flexibility index (Phi) is 4.25. The molecule has 0 spiro atoms. The van der Waals surface area contributed by atoms with Gasteiger partial charge >= 0.3 is 5.76 Å². The van der Waals surface area contributed by atoms with E-state index in [2.05, 4.69) is 19.6 Å². The van der Waals surface area contributed by atoms with Gasteiger partial charge in [-0.25, -0.2) is 9.78 Å². The monoisotopic (exact) mass is 360 g/mol. The third-order valence-corrected chi connectivity index (χ3v) is 4.36. The minimum atomic E-state index is -0.590. The van der Waals surface area contributed by atoms with Crippen molar-refractivity contribution in [3.8, 4) is 22.5 Å². The Bertz CT molecular complexity index is 1200. The van der Waals surface area contributed by atoms with Crippen LogP contribution in [0.5, 0.6) is 0 Å². The van der Waals surface area contributed by atoms with Crippen molar-refractivity contribution in [3.63, 3.8) is 0 Å². The van der Waals surface area contributed by atoms with Gasteiger partial charge in [-0.3, -0.25) is 18.9 Å². The maximum Gasteiger partial charge on any atom is 0.439 e. The van der Waals surface area contributed by atoms with Gasteiger partial charge in [0.05, 0.1) is 6.54 Å². The number of nitrogens with zero attached hydrogens (tertiary/aromatic N) is 3. The van der Waals surface area contributed by atoms with Gasteiger partial charge in [-0.15, -0.1) is 0 Å². The van der Waals surface area contributed by atoms with E-state index in [1.165, 1.54) is 12.3 Å². The Morgan fingerprint density at radius 1 is 1.00 bits per heavy atom. The molecule has 0 unspecified atom stereocenters. The molecule has 27 heavy (non-hydrogen) atoms. The maximum atomic E-state index is 12.0. The van der Waals surface area contributed by atoms with Gasteiger partial charge < -0.3 is 0 Å². The van der Waals surface area contributed by atoms with Crippen molar-refractivity contribution in [2.24, 2.45) is 0 Å². The van der Waals surface area contributed by atoms with E-state index in [4.69, 9.17) is 0 Å². The number of aromatic amines is 1. The lowest BCUT2D eigenvalue weighted by Crippen LogP contribution is -2.22. The number of nitrogens with one attached hydrogen (secondary N) is 1. The molecular weight excluding hydrogens is 344 g/mol. The molecule has 4 aromatic rings. The van der Waals surface area contributed by atoms with Crippen LogP contribution in [-0.4, -0.2) is 19.7 Å². The van der Waals surface area contributed by atoms with Crippen molar-refractivity contribution in [3.05, 3.63) is 93.1 Å². The van der Waals surface area contributed by atoms with Crippen molar-refractivity contribution in [2.75, 3.05) is 0 Å². The number of aromatic nitrogens is 4. The van der Waals surface area contributed by atoms with Crippen LogP contribution in [0.25, 0.3) is 22.5 Å². The van der Waals surface area contributed by atoms with Crippen molar-refractivity contribution in [2.45, 2.75) is 13.5 Å². The fraction of sp³-hybridized carbons (Fsp3) is 0.100. The highest BCUT2D eigenvalue weighted by Gasteiger charge is 2.11. The van der Waals surface area contributed by atoms with Crippen LogP contribution in [0.1, 0.15) is 11.4 Å². The summed E-state index contributed by atoms with van der Waals surface area (Å²) in [5.41, 5.74) is 3.57. The van der Waals surface area contributed by atoms with Crippen LogP contribution in [0.15, 0.2) is 74.9 Å². The lowest BCUT2D eigenvalue weighted by molar-refractivity contribution is 0.388. The Labute approximate surface area is 153 Å². The Morgan fingerprint density at radius 3 is 2.41 bits per heavy atom. The van der Waals surface area contributed by atoms with Gasteiger partial charge in [0.1, 0.15) is 5.82 Å². The summed E-state index contributed by atoms with van der Waals surface area (Å²) >= 11 is 0. The zero-order valence-electron chi connectivity index (χ0n) is 14.5. The zero-order chi connectivity index (χ0) is 18.8. The molecule has 0 aliphatic carbocycles. The summed E-state index contributed by atoms with van der Waals surface area (Å²) < 4.78 is 6.25. The van der Waals surface area contributed by atoms with Crippen LogP contribution in [0, 0.1) is 6.92 Å². The number of H-pyrrole nitrogens is 1. The molecule has 2 aromatic carbocycles. The van der Waals surface area contributed by atoms with Crippen LogP contribution >= 0.6 is 0 Å². The van der Waals surface area contributed by atoms with Gasteiger partial charge in [0.2, 0.25) is 0 Å². The largest absolute Gasteiger partial charge is 0.439 e. The van der Waals surface area contributed by atoms with Crippen LogP contribution in [-0.2, 0) is 6.54 Å². The highest BCUT2D eigenvalue weighted by atomic mass is 16.5. The SMILES string of the molecule is Cc1nccc(=O)n1Cc1ccc(-c2ccccc2-c2noc(=O)[nH]2)cc1. The molecule has 0 radical (unpaired) electrons. The summed E-state index contributed by atoms with van der Waals surface area (Å²) in [6.07, 6.45) is 1.52. The minimum Gasteiger partial charge on any atom is -0.296 e. The van der Waals surface area contributed by atoms with E-state index < -0.39 is 5.76 Å². The quantitative estimate of drug-likeness (QED) is 0.604. The maximum absolute atomic E-state index is 12.0. The molecule has 2 aromatic heterocycles. The van der Waals surface area contributed by atoms with Gasteiger partial charge in [-0.2, -0.15) is 0 Å². The van der Waals surface area contributed by atoms with E-state index in [1.54, 1.807) is 4.57 Å². The van der Waals surface area contributed by atoms with Crippen molar-refractivity contribution in [1.82, 2.24) is 19.7 Å². The number of hydrogen-bond acceptors (Lipinski definition) is 5. The second-order valence-electron chi connectivity index (χ2n) is 6.10. The second kappa shape index (κ2) is 6.87. The topological polar surface area (TPSA) is 93.8 Å². The number of aryl methyl sites for hydroxylation is 1. The van der Waals surface area contributed by atoms with Crippen LogP contribution in [0.4, 0.5) is 0 Å².